The number of rotatable bonds is 6. The van der Waals surface area contributed by atoms with Crippen molar-refractivity contribution in [1.82, 2.24) is 4.98 Å². The number of carbonyl (C=O) groups is 1. The van der Waals surface area contributed by atoms with E-state index in [0.29, 0.717) is 27.5 Å². The number of amides is 1. The molecular weight excluding hydrogens is 420 g/mol. The van der Waals surface area contributed by atoms with Crippen molar-refractivity contribution in [1.29, 1.82) is 0 Å². The van der Waals surface area contributed by atoms with Gasteiger partial charge in [0.05, 0.1) is 15.1 Å². The van der Waals surface area contributed by atoms with E-state index in [9.17, 15) is 13.2 Å². The molecule has 0 radical (unpaired) electrons. The summed E-state index contributed by atoms with van der Waals surface area (Å²) in [5.41, 5.74) is 2.08. The Morgan fingerprint density at radius 2 is 1.77 bits per heavy atom. The van der Waals surface area contributed by atoms with Crippen LogP contribution in [-0.4, -0.2) is 25.6 Å². The molecule has 6 nitrogen and oxygen atoms in total. The zero-order valence-corrected chi connectivity index (χ0v) is 17.7. The van der Waals surface area contributed by atoms with E-state index in [1.165, 1.54) is 17.4 Å². The molecule has 0 saturated carbocycles. The number of fused-ring (bicyclic) bond motifs is 1. The number of ether oxygens (including phenoxy) is 1. The number of nitrogens with one attached hydrogen (secondary N) is 1. The zero-order chi connectivity index (χ0) is 21.1. The van der Waals surface area contributed by atoms with Gasteiger partial charge in [0.25, 0.3) is 5.91 Å². The van der Waals surface area contributed by atoms with Gasteiger partial charge in [-0.1, -0.05) is 41.7 Å². The van der Waals surface area contributed by atoms with Crippen LogP contribution in [0.15, 0.2) is 77.7 Å². The van der Waals surface area contributed by atoms with Crippen LogP contribution in [0.1, 0.15) is 15.9 Å². The molecule has 8 heteroatoms. The number of hydrogen-bond acceptors (Lipinski definition) is 6. The van der Waals surface area contributed by atoms with Gasteiger partial charge in [-0.15, -0.1) is 0 Å². The summed E-state index contributed by atoms with van der Waals surface area (Å²) in [4.78, 5) is 17.1. The lowest BCUT2D eigenvalue weighted by Crippen LogP contribution is -2.11. The summed E-state index contributed by atoms with van der Waals surface area (Å²) < 4.78 is 29.8. The van der Waals surface area contributed by atoms with E-state index in [0.717, 1.165) is 17.6 Å². The molecule has 30 heavy (non-hydrogen) atoms. The first-order chi connectivity index (χ1) is 14.4. The molecule has 1 N–H and O–H groups in total. The largest absolute Gasteiger partial charge is 0.489 e. The molecule has 4 rings (SSSR count). The minimum Gasteiger partial charge on any atom is -0.489 e. The minimum atomic E-state index is -3.30. The van der Waals surface area contributed by atoms with Gasteiger partial charge in [-0.05, 0) is 48.0 Å². The molecule has 0 aliphatic rings. The Bertz CT molecular complexity index is 1300. The highest BCUT2D eigenvalue weighted by atomic mass is 32.2. The van der Waals surface area contributed by atoms with Crippen LogP contribution in [0.4, 0.5) is 5.13 Å². The number of aromatic nitrogens is 1. The van der Waals surface area contributed by atoms with Gasteiger partial charge in [-0.2, -0.15) is 0 Å². The van der Waals surface area contributed by atoms with Gasteiger partial charge in [-0.25, -0.2) is 13.4 Å². The van der Waals surface area contributed by atoms with Gasteiger partial charge in [0.1, 0.15) is 12.4 Å². The molecule has 0 aliphatic heterocycles. The number of benzene rings is 3. The Morgan fingerprint density at radius 3 is 2.47 bits per heavy atom. The molecule has 0 atom stereocenters. The molecule has 0 saturated heterocycles. The van der Waals surface area contributed by atoms with Gasteiger partial charge in [0, 0.05) is 11.8 Å². The van der Waals surface area contributed by atoms with Gasteiger partial charge < -0.3 is 4.74 Å². The zero-order valence-electron chi connectivity index (χ0n) is 16.0. The number of para-hydroxylation sites is 1. The van der Waals surface area contributed by atoms with Gasteiger partial charge >= 0.3 is 0 Å². The predicted octanol–water partition coefficient (Wildman–Crippen LogP) is 4.53. The van der Waals surface area contributed by atoms with Gasteiger partial charge in [-0.3, -0.25) is 10.1 Å². The number of carbonyl (C=O) groups excluding carboxylic acids is 1. The number of anilines is 1. The van der Waals surface area contributed by atoms with Crippen LogP contribution >= 0.6 is 11.3 Å². The number of thiazole rings is 1. The van der Waals surface area contributed by atoms with E-state index in [-0.39, 0.29) is 10.8 Å². The van der Waals surface area contributed by atoms with Crippen molar-refractivity contribution in [2.24, 2.45) is 0 Å². The summed E-state index contributed by atoms with van der Waals surface area (Å²) in [5, 5.41) is 3.18. The standard InChI is InChI=1S/C22H18N2O4S2/c1-30(26,27)18-11-12-19-20(13-18)29-22(23-19)24-21(25)16-9-7-15(8-10-16)14-28-17-5-3-2-4-6-17/h2-13H,14H2,1H3,(H,23,24,25). The Balaban J connectivity index is 1.43. The van der Waals surface area contributed by atoms with Crippen molar-refractivity contribution in [3.8, 4) is 5.75 Å². The Kier molecular flexibility index (Phi) is 5.52. The van der Waals surface area contributed by atoms with E-state index in [4.69, 9.17) is 4.74 Å². The first-order valence-corrected chi connectivity index (χ1v) is 11.8. The molecule has 1 heterocycles. The number of sulfone groups is 1. The average molecular weight is 439 g/mol. The monoisotopic (exact) mass is 438 g/mol. The molecule has 0 aliphatic carbocycles. The van der Waals surface area contributed by atoms with E-state index in [1.54, 1.807) is 24.3 Å². The van der Waals surface area contributed by atoms with Crippen LogP contribution in [0.25, 0.3) is 10.2 Å². The molecule has 3 aromatic carbocycles. The van der Waals surface area contributed by atoms with E-state index in [2.05, 4.69) is 10.3 Å². The third-order valence-corrected chi connectivity index (χ3v) is 6.42. The van der Waals surface area contributed by atoms with Crippen molar-refractivity contribution in [2.75, 3.05) is 11.6 Å². The smallest absolute Gasteiger partial charge is 0.257 e. The molecule has 0 unspecified atom stereocenters. The minimum absolute atomic E-state index is 0.227. The van der Waals surface area contributed by atoms with E-state index >= 15 is 0 Å². The highest BCUT2D eigenvalue weighted by molar-refractivity contribution is 7.90. The second kappa shape index (κ2) is 8.25. The average Bonchev–Trinajstić information content (AvgIpc) is 3.14. The molecule has 0 fully saturated rings. The fraction of sp³-hybridized carbons (Fsp3) is 0.0909. The van der Waals surface area contributed by atoms with Crippen molar-refractivity contribution >= 4 is 42.4 Å². The van der Waals surface area contributed by atoms with Crippen molar-refractivity contribution < 1.29 is 17.9 Å². The van der Waals surface area contributed by atoms with Crippen molar-refractivity contribution in [2.45, 2.75) is 11.5 Å². The number of hydrogen-bond donors (Lipinski definition) is 1. The molecule has 1 amide bonds. The van der Waals surface area contributed by atoms with Crippen molar-refractivity contribution in [3.63, 3.8) is 0 Å². The van der Waals surface area contributed by atoms with Crippen LogP contribution in [0.5, 0.6) is 5.75 Å². The van der Waals surface area contributed by atoms with Crippen LogP contribution in [0, 0.1) is 0 Å². The van der Waals surface area contributed by atoms with Crippen LogP contribution in [0.2, 0.25) is 0 Å². The summed E-state index contributed by atoms with van der Waals surface area (Å²) in [6, 6.07) is 21.4. The Labute approximate surface area is 178 Å². The molecular formula is C22H18N2O4S2. The number of nitrogens with zero attached hydrogens (tertiary/aromatic N) is 1. The molecule has 1 aromatic heterocycles. The summed E-state index contributed by atoms with van der Waals surface area (Å²) in [6.07, 6.45) is 1.16. The van der Waals surface area contributed by atoms with Crippen LogP contribution in [0.3, 0.4) is 0 Å². The summed E-state index contributed by atoms with van der Waals surface area (Å²) in [7, 11) is -3.30. The summed E-state index contributed by atoms with van der Waals surface area (Å²) in [6.45, 7) is 0.409. The summed E-state index contributed by atoms with van der Waals surface area (Å²) >= 11 is 1.23. The Morgan fingerprint density at radius 1 is 1.03 bits per heavy atom. The predicted molar refractivity (Wildman–Crippen MR) is 118 cm³/mol. The fourth-order valence-corrected chi connectivity index (χ4v) is 4.42. The second-order valence-electron chi connectivity index (χ2n) is 6.67. The quantitative estimate of drug-likeness (QED) is 0.478. The maximum Gasteiger partial charge on any atom is 0.257 e. The van der Waals surface area contributed by atoms with Gasteiger partial charge in [0.2, 0.25) is 0 Å². The lowest BCUT2D eigenvalue weighted by molar-refractivity contribution is 0.102. The Hall–Kier alpha value is -3.23. The SMILES string of the molecule is CS(=O)(=O)c1ccc2nc(NC(=O)c3ccc(COc4ccccc4)cc3)sc2c1. The van der Waals surface area contributed by atoms with Crippen molar-refractivity contribution in [3.05, 3.63) is 83.9 Å². The maximum atomic E-state index is 12.5. The molecule has 152 valence electrons. The molecule has 4 aromatic rings. The lowest BCUT2D eigenvalue weighted by Gasteiger charge is -2.07. The topological polar surface area (TPSA) is 85.4 Å². The van der Waals surface area contributed by atoms with Gasteiger partial charge in [0.15, 0.2) is 15.0 Å². The first-order valence-electron chi connectivity index (χ1n) is 9.07. The normalized spacial score (nSPS) is 11.4. The third kappa shape index (κ3) is 4.67. The highest BCUT2D eigenvalue weighted by Crippen LogP contribution is 2.28. The van der Waals surface area contributed by atoms with Crippen LogP contribution < -0.4 is 10.1 Å². The molecule has 0 bridgehead atoms. The second-order valence-corrected chi connectivity index (χ2v) is 9.72. The first kappa shape index (κ1) is 20.1. The fourth-order valence-electron chi connectivity index (χ4n) is 2.79. The molecule has 0 spiro atoms. The highest BCUT2D eigenvalue weighted by Gasteiger charge is 2.13. The third-order valence-electron chi connectivity index (χ3n) is 4.37. The van der Waals surface area contributed by atoms with E-state index < -0.39 is 9.84 Å². The van der Waals surface area contributed by atoms with E-state index in [1.807, 2.05) is 42.5 Å². The van der Waals surface area contributed by atoms with Crippen LogP contribution in [-0.2, 0) is 16.4 Å². The lowest BCUT2D eigenvalue weighted by atomic mass is 10.1. The maximum absolute atomic E-state index is 12.5. The summed E-state index contributed by atoms with van der Waals surface area (Å²) in [5.74, 6) is 0.502.